The first kappa shape index (κ1) is 24.4. The lowest BCUT2D eigenvalue weighted by molar-refractivity contribution is 0.0950. The molecule has 0 aliphatic rings. The van der Waals surface area contributed by atoms with Crippen LogP contribution in [0.4, 0.5) is 0 Å². The maximum atomic E-state index is 12.4. The second kappa shape index (κ2) is 17.5. The molecule has 0 aliphatic heterocycles. The molecule has 0 fully saturated rings. The number of rotatable bonds is 18. The molecule has 4 N–H and O–H groups in total. The monoisotopic (exact) mass is 391 g/mol. The Bertz CT molecular complexity index is 508. The van der Waals surface area contributed by atoms with Gasteiger partial charge in [-0.2, -0.15) is 0 Å². The van der Waals surface area contributed by atoms with E-state index in [1.807, 2.05) is 24.3 Å². The number of nitrogens with one attached hydrogen (secondary N) is 2. The smallest absolute Gasteiger partial charge is 0.255 e. The molecule has 0 saturated carbocycles. The van der Waals surface area contributed by atoms with Gasteiger partial charge in [-0.3, -0.25) is 4.79 Å². The lowest BCUT2D eigenvalue weighted by atomic mass is 10.1. The van der Waals surface area contributed by atoms with Crippen molar-refractivity contribution in [1.82, 2.24) is 10.6 Å². The third-order valence-electron chi connectivity index (χ3n) is 4.80. The standard InChI is InChI=1S/C23H41N3O2/c1-2-3-4-5-6-7-8-9-10-13-20-28-22-15-12-11-14-21(22)23(27)26-19-18-25-17-16-24/h11-12,14-15,25H,2-10,13,16-20,24H2,1H3,(H,26,27). The number of carbonyl (C=O) groups is 1. The normalized spacial score (nSPS) is 10.8. The van der Waals surface area contributed by atoms with Crippen molar-refractivity contribution in [2.24, 2.45) is 5.73 Å². The zero-order valence-electron chi connectivity index (χ0n) is 17.8. The van der Waals surface area contributed by atoms with Gasteiger partial charge in [0.15, 0.2) is 0 Å². The number of amides is 1. The van der Waals surface area contributed by atoms with E-state index in [4.69, 9.17) is 10.5 Å². The van der Waals surface area contributed by atoms with Gasteiger partial charge in [0.1, 0.15) is 5.75 Å². The largest absolute Gasteiger partial charge is 0.493 e. The van der Waals surface area contributed by atoms with Crippen LogP contribution in [0.25, 0.3) is 0 Å². The SMILES string of the molecule is CCCCCCCCCCCCOc1ccccc1C(=O)NCCNCCN. The van der Waals surface area contributed by atoms with Crippen LogP contribution < -0.4 is 21.1 Å². The van der Waals surface area contributed by atoms with Crippen LogP contribution in [-0.4, -0.2) is 38.7 Å². The topological polar surface area (TPSA) is 76.4 Å². The molecule has 0 saturated heterocycles. The number of hydrogen-bond acceptors (Lipinski definition) is 4. The molecule has 0 aromatic heterocycles. The van der Waals surface area contributed by atoms with Gasteiger partial charge < -0.3 is 21.1 Å². The molecule has 0 unspecified atom stereocenters. The summed E-state index contributed by atoms with van der Waals surface area (Å²) < 4.78 is 5.88. The van der Waals surface area contributed by atoms with Gasteiger partial charge in [0.05, 0.1) is 12.2 Å². The Labute approximate surface area is 171 Å². The number of unbranched alkanes of at least 4 members (excludes halogenated alkanes) is 9. The predicted octanol–water partition coefficient (Wildman–Crippen LogP) is 4.26. The average Bonchev–Trinajstić information content (AvgIpc) is 2.72. The predicted molar refractivity (Wildman–Crippen MR) is 118 cm³/mol. The van der Waals surface area contributed by atoms with Crippen LogP contribution in [0, 0.1) is 0 Å². The van der Waals surface area contributed by atoms with E-state index in [2.05, 4.69) is 17.6 Å². The van der Waals surface area contributed by atoms with Crippen molar-refractivity contribution in [3.05, 3.63) is 29.8 Å². The Morgan fingerprint density at radius 3 is 2.21 bits per heavy atom. The average molecular weight is 392 g/mol. The number of hydrogen-bond donors (Lipinski definition) is 3. The maximum absolute atomic E-state index is 12.4. The van der Waals surface area contributed by atoms with Gasteiger partial charge in [-0.05, 0) is 18.6 Å². The van der Waals surface area contributed by atoms with Crippen molar-refractivity contribution in [3.8, 4) is 5.75 Å². The number of benzene rings is 1. The summed E-state index contributed by atoms with van der Waals surface area (Å²) in [7, 11) is 0. The van der Waals surface area contributed by atoms with Crippen molar-refractivity contribution in [1.29, 1.82) is 0 Å². The summed E-state index contributed by atoms with van der Waals surface area (Å²) in [6.45, 7) is 5.57. The summed E-state index contributed by atoms with van der Waals surface area (Å²) >= 11 is 0. The van der Waals surface area contributed by atoms with Crippen LogP contribution in [0.5, 0.6) is 5.75 Å². The van der Waals surface area contributed by atoms with Crippen LogP contribution in [0.15, 0.2) is 24.3 Å². The molecule has 1 aromatic carbocycles. The van der Waals surface area contributed by atoms with Crippen LogP contribution in [0.3, 0.4) is 0 Å². The van der Waals surface area contributed by atoms with E-state index >= 15 is 0 Å². The molecule has 1 rings (SSSR count). The second-order valence-electron chi connectivity index (χ2n) is 7.32. The quantitative estimate of drug-likeness (QED) is 0.327. The van der Waals surface area contributed by atoms with Crippen molar-refractivity contribution < 1.29 is 9.53 Å². The van der Waals surface area contributed by atoms with Gasteiger partial charge in [0, 0.05) is 26.2 Å². The highest BCUT2D eigenvalue weighted by molar-refractivity contribution is 5.96. The summed E-state index contributed by atoms with van der Waals surface area (Å²) in [5.41, 5.74) is 6.03. The molecule has 160 valence electrons. The third-order valence-corrected chi connectivity index (χ3v) is 4.80. The fourth-order valence-electron chi connectivity index (χ4n) is 3.14. The fourth-order valence-corrected chi connectivity index (χ4v) is 3.14. The number of carbonyl (C=O) groups excluding carboxylic acids is 1. The molecule has 28 heavy (non-hydrogen) atoms. The summed E-state index contributed by atoms with van der Waals surface area (Å²) in [6.07, 6.45) is 13.0. The maximum Gasteiger partial charge on any atom is 0.255 e. The van der Waals surface area contributed by atoms with Gasteiger partial charge in [-0.25, -0.2) is 0 Å². The van der Waals surface area contributed by atoms with Crippen LogP contribution in [-0.2, 0) is 0 Å². The summed E-state index contributed by atoms with van der Waals surface area (Å²) in [6, 6.07) is 7.47. The number of nitrogens with two attached hydrogens (primary N) is 1. The van der Waals surface area contributed by atoms with E-state index < -0.39 is 0 Å². The van der Waals surface area contributed by atoms with Crippen molar-refractivity contribution in [2.75, 3.05) is 32.8 Å². The highest BCUT2D eigenvalue weighted by Gasteiger charge is 2.11. The first-order valence-electron chi connectivity index (χ1n) is 11.2. The van der Waals surface area contributed by atoms with Crippen molar-refractivity contribution in [3.63, 3.8) is 0 Å². The first-order valence-corrected chi connectivity index (χ1v) is 11.2. The van der Waals surface area contributed by atoms with E-state index in [0.717, 1.165) is 13.0 Å². The molecule has 0 heterocycles. The van der Waals surface area contributed by atoms with E-state index in [9.17, 15) is 4.79 Å². The lowest BCUT2D eigenvalue weighted by Gasteiger charge is -2.12. The van der Waals surface area contributed by atoms with Crippen molar-refractivity contribution in [2.45, 2.75) is 71.1 Å². The van der Waals surface area contributed by atoms with Crippen LogP contribution in [0.1, 0.15) is 81.5 Å². The Balaban J connectivity index is 2.15. The zero-order valence-corrected chi connectivity index (χ0v) is 17.8. The Kier molecular flexibility index (Phi) is 15.3. The van der Waals surface area contributed by atoms with Crippen LogP contribution >= 0.6 is 0 Å². The van der Waals surface area contributed by atoms with Gasteiger partial charge in [0.2, 0.25) is 0 Å². The van der Waals surface area contributed by atoms with Crippen LogP contribution in [0.2, 0.25) is 0 Å². The molecule has 5 nitrogen and oxygen atoms in total. The third kappa shape index (κ3) is 12.0. The molecule has 0 spiro atoms. The molecule has 0 radical (unpaired) electrons. The highest BCUT2D eigenvalue weighted by atomic mass is 16.5. The summed E-state index contributed by atoms with van der Waals surface area (Å²) in [5.74, 6) is 0.582. The Hall–Kier alpha value is -1.59. The van der Waals surface area contributed by atoms with E-state index in [0.29, 0.717) is 37.6 Å². The summed E-state index contributed by atoms with van der Waals surface area (Å²) in [4.78, 5) is 12.4. The minimum absolute atomic E-state index is 0.0896. The Morgan fingerprint density at radius 1 is 0.893 bits per heavy atom. The highest BCUT2D eigenvalue weighted by Crippen LogP contribution is 2.18. The van der Waals surface area contributed by atoms with E-state index in [1.165, 1.54) is 57.8 Å². The lowest BCUT2D eigenvalue weighted by Crippen LogP contribution is -2.34. The molecule has 0 aliphatic carbocycles. The summed E-state index contributed by atoms with van der Waals surface area (Å²) in [5, 5.41) is 6.08. The first-order chi connectivity index (χ1) is 13.8. The second-order valence-corrected chi connectivity index (χ2v) is 7.32. The molecule has 0 atom stereocenters. The molecule has 1 amide bonds. The van der Waals surface area contributed by atoms with E-state index in [1.54, 1.807) is 0 Å². The van der Waals surface area contributed by atoms with Gasteiger partial charge in [-0.15, -0.1) is 0 Å². The molecule has 5 heteroatoms. The van der Waals surface area contributed by atoms with Gasteiger partial charge >= 0.3 is 0 Å². The van der Waals surface area contributed by atoms with E-state index in [-0.39, 0.29) is 5.91 Å². The fraction of sp³-hybridized carbons (Fsp3) is 0.696. The zero-order chi connectivity index (χ0) is 20.3. The van der Waals surface area contributed by atoms with Crippen molar-refractivity contribution >= 4 is 5.91 Å². The Morgan fingerprint density at radius 2 is 1.54 bits per heavy atom. The number of ether oxygens (including phenoxy) is 1. The minimum atomic E-state index is -0.0896. The molecular weight excluding hydrogens is 350 g/mol. The van der Waals surface area contributed by atoms with Gasteiger partial charge in [-0.1, -0.05) is 76.8 Å². The molecule has 0 bridgehead atoms. The minimum Gasteiger partial charge on any atom is -0.493 e. The number of para-hydroxylation sites is 1. The van der Waals surface area contributed by atoms with Gasteiger partial charge in [0.25, 0.3) is 5.91 Å². The molecule has 1 aromatic rings. The molecular formula is C23H41N3O2.